The van der Waals surface area contributed by atoms with E-state index in [2.05, 4.69) is 43.5 Å². The molecular weight excluding hydrogens is 515 g/mol. The van der Waals surface area contributed by atoms with E-state index in [1.165, 1.54) is 18.1 Å². The molecule has 0 saturated carbocycles. The number of fused-ring (bicyclic) bond motifs is 1. The van der Waals surface area contributed by atoms with Crippen LogP contribution in [0.4, 0.5) is 10.1 Å². The Labute approximate surface area is 231 Å². The molecule has 3 aromatic rings. The van der Waals surface area contributed by atoms with Crippen LogP contribution in [0.15, 0.2) is 52.6 Å². The van der Waals surface area contributed by atoms with E-state index in [0.717, 1.165) is 60.9 Å². The third-order valence-electron chi connectivity index (χ3n) is 7.45. The third kappa shape index (κ3) is 5.41. The van der Waals surface area contributed by atoms with Gasteiger partial charge in [0.05, 0.1) is 35.0 Å². The molecule has 3 aliphatic heterocycles. The fraction of sp³-hybridized carbons (Fsp3) is 0.379. The van der Waals surface area contributed by atoms with Crippen molar-refractivity contribution >= 4 is 45.5 Å². The number of amides is 1. The fourth-order valence-corrected chi connectivity index (χ4v) is 6.19. The van der Waals surface area contributed by atoms with Crippen LogP contribution in [0.3, 0.4) is 0 Å². The largest absolute Gasteiger partial charge is 0.378 e. The maximum absolute atomic E-state index is 15.4. The average molecular weight is 547 g/mol. The lowest BCUT2D eigenvalue weighted by Crippen LogP contribution is -2.49. The van der Waals surface area contributed by atoms with Crippen LogP contribution in [0.1, 0.15) is 19.4 Å². The van der Waals surface area contributed by atoms with Gasteiger partial charge in [-0.3, -0.25) is 9.69 Å². The van der Waals surface area contributed by atoms with Crippen LogP contribution in [0, 0.1) is 5.82 Å². The van der Waals surface area contributed by atoms with Crippen LogP contribution in [0.25, 0.3) is 28.2 Å². The Kier molecular flexibility index (Phi) is 7.33. The van der Waals surface area contributed by atoms with E-state index in [0.29, 0.717) is 41.1 Å². The van der Waals surface area contributed by atoms with Crippen LogP contribution in [0.5, 0.6) is 0 Å². The Morgan fingerprint density at radius 2 is 1.77 bits per heavy atom. The molecule has 0 spiro atoms. The number of ether oxygens (including phenoxy) is 1. The lowest BCUT2D eigenvalue weighted by molar-refractivity contribution is -0.113. The average Bonchev–Trinajstić information content (AvgIpc) is 3.33. The number of nitrogens with zero attached hydrogens (tertiary/aromatic N) is 6. The molecule has 0 bridgehead atoms. The Balaban J connectivity index is 1.25. The molecule has 0 unspecified atom stereocenters. The fourth-order valence-electron chi connectivity index (χ4n) is 5.22. The Morgan fingerprint density at radius 3 is 2.51 bits per heavy atom. The van der Waals surface area contributed by atoms with E-state index in [4.69, 9.17) is 4.74 Å². The zero-order valence-electron chi connectivity index (χ0n) is 22.1. The number of piperazine rings is 1. The summed E-state index contributed by atoms with van der Waals surface area (Å²) in [5.41, 5.74) is 3.57. The molecule has 0 radical (unpaired) electrons. The molecule has 3 aliphatic rings. The summed E-state index contributed by atoms with van der Waals surface area (Å²) in [4.78, 5) is 33.0. The van der Waals surface area contributed by atoms with E-state index in [-0.39, 0.29) is 11.7 Å². The summed E-state index contributed by atoms with van der Waals surface area (Å²) in [6, 6.07) is 11.6. The van der Waals surface area contributed by atoms with E-state index >= 15 is 4.39 Å². The molecule has 202 valence electrons. The number of benzene rings is 2. The van der Waals surface area contributed by atoms with Gasteiger partial charge in [0.15, 0.2) is 5.17 Å². The summed E-state index contributed by atoms with van der Waals surface area (Å²) in [6.45, 7) is 10.6. The first-order valence-electron chi connectivity index (χ1n) is 13.4. The van der Waals surface area contributed by atoms with Gasteiger partial charge < -0.3 is 14.5 Å². The maximum Gasteiger partial charge on any atom is 0.286 e. The van der Waals surface area contributed by atoms with Crippen molar-refractivity contribution in [3.05, 3.63) is 59.0 Å². The highest BCUT2D eigenvalue weighted by Gasteiger charge is 2.27. The number of aliphatic imine (C=N–C) groups is 1. The van der Waals surface area contributed by atoms with E-state index < -0.39 is 0 Å². The monoisotopic (exact) mass is 546 g/mol. The number of morpholine rings is 1. The van der Waals surface area contributed by atoms with Crippen molar-refractivity contribution in [1.29, 1.82) is 0 Å². The van der Waals surface area contributed by atoms with Gasteiger partial charge >= 0.3 is 0 Å². The van der Waals surface area contributed by atoms with Crippen LogP contribution in [0.2, 0.25) is 0 Å². The topological polar surface area (TPSA) is 74.2 Å². The number of aromatic nitrogens is 2. The number of amidine groups is 1. The van der Waals surface area contributed by atoms with Crippen molar-refractivity contribution in [3.63, 3.8) is 0 Å². The highest BCUT2D eigenvalue weighted by molar-refractivity contribution is 8.18. The summed E-state index contributed by atoms with van der Waals surface area (Å²) in [5, 5.41) is 1.52. The van der Waals surface area contributed by atoms with Crippen LogP contribution < -0.4 is 4.90 Å². The van der Waals surface area contributed by atoms with Gasteiger partial charge in [0, 0.05) is 56.3 Å². The Hall–Kier alpha value is -3.34. The van der Waals surface area contributed by atoms with Crippen molar-refractivity contribution in [1.82, 2.24) is 19.8 Å². The van der Waals surface area contributed by atoms with Crippen molar-refractivity contribution in [2.75, 3.05) is 57.4 Å². The molecule has 8 nitrogen and oxygen atoms in total. The second kappa shape index (κ2) is 11.0. The van der Waals surface area contributed by atoms with E-state index in [1.54, 1.807) is 6.07 Å². The van der Waals surface area contributed by atoms with E-state index in [1.807, 2.05) is 36.4 Å². The number of hydrogen-bond acceptors (Lipinski definition) is 8. The van der Waals surface area contributed by atoms with Gasteiger partial charge in [-0.15, -0.1) is 0 Å². The first-order chi connectivity index (χ1) is 19.0. The Bertz CT molecular complexity index is 1460. The SMILES string of the molecule is CC(C)N1CCN(c2ccc(-c3ncnc4ccc(C=C5SC(N6CCOCC6)=NC5=O)cc34)cc2F)CC1. The predicted molar refractivity (Wildman–Crippen MR) is 154 cm³/mol. The highest BCUT2D eigenvalue weighted by atomic mass is 32.2. The minimum atomic E-state index is -0.253. The first kappa shape index (κ1) is 25.9. The van der Waals surface area contributed by atoms with Crippen molar-refractivity contribution in [3.8, 4) is 11.3 Å². The van der Waals surface area contributed by atoms with Gasteiger partial charge in [-0.1, -0.05) is 12.1 Å². The zero-order chi connectivity index (χ0) is 26.9. The Morgan fingerprint density at radius 1 is 0.974 bits per heavy atom. The zero-order valence-corrected chi connectivity index (χ0v) is 23.0. The molecule has 0 N–H and O–H groups in total. The minimum Gasteiger partial charge on any atom is -0.378 e. The van der Waals surface area contributed by atoms with Gasteiger partial charge in [-0.25, -0.2) is 14.4 Å². The molecule has 4 heterocycles. The molecule has 1 amide bonds. The van der Waals surface area contributed by atoms with Crippen molar-refractivity contribution in [2.24, 2.45) is 4.99 Å². The number of carbonyl (C=O) groups excluding carboxylic acids is 1. The number of thioether (sulfide) groups is 1. The molecule has 39 heavy (non-hydrogen) atoms. The van der Waals surface area contributed by atoms with Gasteiger partial charge in [-0.2, -0.15) is 4.99 Å². The number of hydrogen-bond donors (Lipinski definition) is 0. The summed E-state index contributed by atoms with van der Waals surface area (Å²) in [6.07, 6.45) is 3.35. The summed E-state index contributed by atoms with van der Waals surface area (Å²) in [5.74, 6) is -0.491. The molecule has 2 fully saturated rings. The molecule has 2 aromatic carbocycles. The summed E-state index contributed by atoms with van der Waals surface area (Å²) in [7, 11) is 0. The number of halogens is 1. The minimum absolute atomic E-state index is 0.238. The maximum atomic E-state index is 15.4. The normalized spacial score (nSPS) is 19.9. The molecule has 10 heteroatoms. The molecule has 0 aliphatic carbocycles. The standard InChI is InChI=1S/C29H31FN6O2S/c1-19(2)34-7-9-35(10-8-34)25-6-4-21(17-23(25)30)27-22-15-20(3-5-24(22)31-18-32-27)16-26-28(37)33-29(39-26)36-11-13-38-14-12-36/h3-6,15-19H,7-14H2,1-2H3. The number of anilines is 1. The van der Waals surface area contributed by atoms with Gasteiger partial charge in [0.2, 0.25) is 0 Å². The number of carbonyl (C=O) groups is 1. The molecular formula is C29H31FN6O2S. The van der Waals surface area contributed by atoms with E-state index in [9.17, 15) is 4.79 Å². The first-order valence-corrected chi connectivity index (χ1v) is 14.2. The van der Waals surface area contributed by atoms with Crippen LogP contribution >= 0.6 is 11.8 Å². The lowest BCUT2D eigenvalue weighted by Gasteiger charge is -2.38. The second-order valence-corrected chi connectivity index (χ2v) is 11.2. The molecule has 6 rings (SSSR count). The van der Waals surface area contributed by atoms with Gasteiger partial charge in [0.1, 0.15) is 12.1 Å². The summed E-state index contributed by atoms with van der Waals surface area (Å²) >= 11 is 1.39. The molecule has 1 aromatic heterocycles. The number of rotatable bonds is 4. The highest BCUT2D eigenvalue weighted by Crippen LogP contribution is 2.33. The van der Waals surface area contributed by atoms with Crippen LogP contribution in [-0.2, 0) is 9.53 Å². The smallest absolute Gasteiger partial charge is 0.286 e. The van der Waals surface area contributed by atoms with Crippen molar-refractivity contribution in [2.45, 2.75) is 19.9 Å². The second-order valence-electron chi connectivity index (χ2n) is 10.2. The molecule has 0 atom stereocenters. The van der Waals surface area contributed by atoms with Crippen LogP contribution in [-0.4, -0.2) is 89.4 Å². The lowest BCUT2D eigenvalue weighted by atomic mass is 10.0. The third-order valence-corrected chi connectivity index (χ3v) is 8.50. The predicted octanol–water partition coefficient (Wildman–Crippen LogP) is 4.27. The molecule has 2 saturated heterocycles. The van der Waals surface area contributed by atoms with Crippen molar-refractivity contribution < 1.29 is 13.9 Å². The van der Waals surface area contributed by atoms with Gasteiger partial charge in [0.25, 0.3) is 5.91 Å². The van der Waals surface area contributed by atoms with Gasteiger partial charge in [-0.05, 0) is 61.5 Å². The quantitative estimate of drug-likeness (QED) is 0.450. The summed E-state index contributed by atoms with van der Waals surface area (Å²) < 4.78 is 20.8.